The summed E-state index contributed by atoms with van der Waals surface area (Å²) in [4.78, 5) is 10.6. The second kappa shape index (κ2) is 5.67. The Kier molecular flexibility index (Phi) is 3.97. The third-order valence-electron chi connectivity index (χ3n) is 3.16. The maximum Gasteiger partial charge on any atom is 0.272 e. The normalized spacial score (nSPS) is 10.6. The van der Waals surface area contributed by atoms with E-state index in [0.29, 0.717) is 6.54 Å². The Labute approximate surface area is 112 Å². The molecule has 0 fully saturated rings. The van der Waals surface area contributed by atoms with Crippen molar-refractivity contribution in [2.45, 2.75) is 20.0 Å². The predicted molar refractivity (Wildman–Crippen MR) is 74.1 cm³/mol. The topological polar surface area (TPSA) is 60.1 Å². The predicted octanol–water partition coefficient (Wildman–Crippen LogP) is 2.47. The van der Waals surface area contributed by atoms with Crippen molar-refractivity contribution in [2.75, 3.05) is 7.05 Å². The number of rotatable bonds is 5. The van der Waals surface area contributed by atoms with Crippen molar-refractivity contribution in [3.63, 3.8) is 0 Å². The Morgan fingerprint density at radius 3 is 2.84 bits per heavy atom. The van der Waals surface area contributed by atoms with E-state index in [4.69, 9.17) is 0 Å². The van der Waals surface area contributed by atoms with Gasteiger partial charge in [0.2, 0.25) is 0 Å². The van der Waals surface area contributed by atoms with E-state index in [0.717, 1.165) is 17.7 Å². The summed E-state index contributed by atoms with van der Waals surface area (Å²) >= 11 is 0. The highest BCUT2D eigenvalue weighted by Crippen LogP contribution is 2.22. The fraction of sp³-hybridized carbons (Fsp3) is 0.286. The van der Waals surface area contributed by atoms with Crippen molar-refractivity contribution >= 4 is 5.69 Å². The number of hydrogen-bond donors (Lipinski definition) is 1. The first-order valence-electron chi connectivity index (χ1n) is 6.14. The lowest BCUT2D eigenvalue weighted by atomic mass is 10.1. The van der Waals surface area contributed by atoms with Crippen LogP contribution in [0.25, 0.3) is 0 Å². The largest absolute Gasteiger partial charge is 0.350 e. The summed E-state index contributed by atoms with van der Waals surface area (Å²) in [6, 6.07) is 7.25. The lowest BCUT2D eigenvalue weighted by Crippen LogP contribution is -2.04. The molecule has 2 rings (SSSR count). The minimum absolute atomic E-state index is 0.181. The van der Waals surface area contributed by atoms with Crippen LogP contribution in [0.4, 0.5) is 5.69 Å². The van der Waals surface area contributed by atoms with Crippen molar-refractivity contribution in [3.8, 4) is 0 Å². The summed E-state index contributed by atoms with van der Waals surface area (Å²) in [5, 5.41) is 14.0. The van der Waals surface area contributed by atoms with E-state index in [-0.39, 0.29) is 10.6 Å². The molecule has 5 nitrogen and oxygen atoms in total. The molecule has 0 radical (unpaired) electrons. The molecule has 5 heteroatoms. The molecule has 2 aromatic rings. The second-order valence-electron chi connectivity index (χ2n) is 4.54. The van der Waals surface area contributed by atoms with Crippen LogP contribution in [0.15, 0.2) is 36.7 Å². The summed E-state index contributed by atoms with van der Waals surface area (Å²) in [6.07, 6.45) is 4.04. The van der Waals surface area contributed by atoms with Gasteiger partial charge in [-0.25, -0.2) is 0 Å². The van der Waals surface area contributed by atoms with Gasteiger partial charge in [0.05, 0.1) is 4.92 Å². The van der Waals surface area contributed by atoms with Gasteiger partial charge in [0.15, 0.2) is 0 Å². The smallest absolute Gasteiger partial charge is 0.272 e. The molecule has 0 saturated carbocycles. The second-order valence-corrected chi connectivity index (χ2v) is 4.54. The Hall–Kier alpha value is -2.14. The van der Waals surface area contributed by atoms with Crippen molar-refractivity contribution in [2.24, 2.45) is 0 Å². The Morgan fingerprint density at radius 2 is 2.16 bits per heavy atom. The number of benzene rings is 1. The third kappa shape index (κ3) is 3.00. The molecule has 1 aromatic carbocycles. The zero-order valence-electron chi connectivity index (χ0n) is 11.1. The summed E-state index contributed by atoms with van der Waals surface area (Å²) in [6.45, 7) is 3.27. The summed E-state index contributed by atoms with van der Waals surface area (Å²) in [7, 11) is 1.90. The van der Waals surface area contributed by atoms with Gasteiger partial charge in [0.25, 0.3) is 5.69 Å². The van der Waals surface area contributed by atoms with E-state index in [2.05, 4.69) is 11.5 Å². The zero-order valence-corrected chi connectivity index (χ0v) is 11.1. The van der Waals surface area contributed by atoms with Gasteiger partial charge in [0.1, 0.15) is 0 Å². The highest BCUT2D eigenvalue weighted by Gasteiger charge is 2.13. The van der Waals surface area contributed by atoms with Crippen molar-refractivity contribution < 1.29 is 4.92 Å². The van der Waals surface area contributed by atoms with E-state index in [9.17, 15) is 10.1 Å². The first-order valence-corrected chi connectivity index (χ1v) is 6.14. The van der Waals surface area contributed by atoms with Gasteiger partial charge in [-0.1, -0.05) is 12.1 Å². The Bertz CT molecular complexity index is 590. The maximum absolute atomic E-state index is 10.9. The fourth-order valence-electron chi connectivity index (χ4n) is 2.13. The van der Waals surface area contributed by atoms with Crippen molar-refractivity contribution in [1.82, 2.24) is 9.88 Å². The van der Waals surface area contributed by atoms with E-state index >= 15 is 0 Å². The average Bonchev–Trinajstić information content (AvgIpc) is 2.79. The molecular weight excluding hydrogens is 242 g/mol. The molecule has 0 unspecified atom stereocenters. The van der Waals surface area contributed by atoms with Crippen LogP contribution in [0, 0.1) is 17.0 Å². The lowest BCUT2D eigenvalue weighted by Gasteiger charge is -2.07. The first kappa shape index (κ1) is 13.3. The van der Waals surface area contributed by atoms with Crippen LogP contribution in [0.2, 0.25) is 0 Å². The molecule has 0 amide bonds. The molecule has 0 aliphatic rings. The number of nitrogens with one attached hydrogen (secondary N) is 1. The molecule has 1 heterocycles. The molecule has 0 atom stereocenters. The van der Waals surface area contributed by atoms with Gasteiger partial charge >= 0.3 is 0 Å². The van der Waals surface area contributed by atoms with Gasteiger partial charge in [0, 0.05) is 37.1 Å². The van der Waals surface area contributed by atoms with Gasteiger partial charge in [-0.05, 0) is 31.2 Å². The molecule has 19 heavy (non-hydrogen) atoms. The van der Waals surface area contributed by atoms with Crippen LogP contribution in [0.5, 0.6) is 0 Å². The highest BCUT2D eigenvalue weighted by molar-refractivity contribution is 5.44. The SMILES string of the molecule is CNCc1ccn(Cc2cccc([N+](=O)[O-])c2C)c1. The molecule has 0 aliphatic carbocycles. The number of nitrogens with zero attached hydrogens (tertiary/aromatic N) is 2. The number of aromatic nitrogens is 1. The van der Waals surface area contributed by atoms with E-state index in [1.54, 1.807) is 19.1 Å². The third-order valence-corrected chi connectivity index (χ3v) is 3.16. The molecule has 0 aliphatic heterocycles. The van der Waals surface area contributed by atoms with Crippen LogP contribution in [0.3, 0.4) is 0 Å². The molecule has 0 bridgehead atoms. The lowest BCUT2D eigenvalue weighted by molar-refractivity contribution is -0.385. The number of hydrogen-bond acceptors (Lipinski definition) is 3. The monoisotopic (exact) mass is 259 g/mol. The molecule has 1 aromatic heterocycles. The zero-order chi connectivity index (χ0) is 13.8. The molecular formula is C14H17N3O2. The molecule has 1 N–H and O–H groups in total. The van der Waals surface area contributed by atoms with Crippen LogP contribution >= 0.6 is 0 Å². The van der Waals surface area contributed by atoms with Gasteiger partial charge in [-0.15, -0.1) is 0 Å². The summed E-state index contributed by atoms with van der Waals surface area (Å²) in [5.41, 5.74) is 3.09. The van der Waals surface area contributed by atoms with Crippen molar-refractivity contribution in [1.29, 1.82) is 0 Å². The van der Waals surface area contributed by atoms with Gasteiger partial charge in [-0.3, -0.25) is 10.1 Å². The Morgan fingerprint density at radius 1 is 1.37 bits per heavy atom. The van der Waals surface area contributed by atoms with Crippen LogP contribution in [0.1, 0.15) is 16.7 Å². The van der Waals surface area contributed by atoms with Crippen LogP contribution < -0.4 is 5.32 Å². The Balaban J connectivity index is 2.23. The quantitative estimate of drug-likeness (QED) is 0.663. The molecule has 0 spiro atoms. The number of nitro benzene ring substituents is 1. The molecule has 100 valence electrons. The van der Waals surface area contributed by atoms with Gasteiger partial charge in [-0.2, -0.15) is 0 Å². The molecule has 0 saturated heterocycles. The van der Waals surface area contributed by atoms with E-state index in [1.807, 2.05) is 29.9 Å². The highest BCUT2D eigenvalue weighted by atomic mass is 16.6. The summed E-state index contributed by atoms with van der Waals surface area (Å²) in [5.74, 6) is 0. The maximum atomic E-state index is 10.9. The fourth-order valence-corrected chi connectivity index (χ4v) is 2.13. The van der Waals surface area contributed by atoms with E-state index in [1.165, 1.54) is 5.56 Å². The average molecular weight is 259 g/mol. The minimum atomic E-state index is -0.332. The standard InChI is InChI=1S/C14H17N3O2/c1-11-13(4-3-5-14(11)17(18)19)10-16-7-6-12(9-16)8-15-2/h3-7,9,15H,8,10H2,1-2H3. The van der Waals surface area contributed by atoms with Crippen molar-refractivity contribution in [3.05, 3.63) is 63.5 Å². The number of nitro groups is 1. The summed E-state index contributed by atoms with van der Waals surface area (Å²) < 4.78 is 2.04. The van der Waals surface area contributed by atoms with Gasteiger partial charge < -0.3 is 9.88 Å². The van der Waals surface area contributed by atoms with Crippen LogP contribution in [-0.2, 0) is 13.1 Å². The van der Waals surface area contributed by atoms with Crippen LogP contribution in [-0.4, -0.2) is 16.5 Å². The first-order chi connectivity index (χ1) is 9.11. The minimum Gasteiger partial charge on any atom is -0.350 e. The van der Waals surface area contributed by atoms with E-state index < -0.39 is 0 Å².